The minimum atomic E-state index is -0.974. The molecule has 2 aliphatic heterocycles. The Morgan fingerprint density at radius 3 is 2.77 bits per heavy atom. The number of nitrogens with one attached hydrogen (secondary N) is 1. The van der Waals surface area contributed by atoms with Crippen LogP contribution in [-0.4, -0.2) is 74.2 Å². The van der Waals surface area contributed by atoms with Crippen LogP contribution in [0.25, 0.3) is 16.9 Å². The van der Waals surface area contributed by atoms with Crippen molar-refractivity contribution < 1.29 is 9.84 Å². The summed E-state index contributed by atoms with van der Waals surface area (Å²) in [5.74, 6) is 0.915. The van der Waals surface area contributed by atoms with Crippen molar-refractivity contribution in [3.05, 3.63) is 75.9 Å². The van der Waals surface area contributed by atoms with E-state index in [9.17, 15) is 9.90 Å². The van der Waals surface area contributed by atoms with Crippen LogP contribution < -0.4 is 15.8 Å². The van der Waals surface area contributed by atoms with Crippen LogP contribution in [0, 0.1) is 0 Å². The van der Waals surface area contributed by atoms with E-state index in [0.29, 0.717) is 41.3 Å². The second kappa shape index (κ2) is 10.9. The summed E-state index contributed by atoms with van der Waals surface area (Å²) in [6.45, 7) is 11.2. The minimum Gasteiger partial charge on any atom is -0.384 e. The van der Waals surface area contributed by atoms with Crippen molar-refractivity contribution in [2.75, 3.05) is 50.1 Å². The third-order valence-corrected chi connectivity index (χ3v) is 9.10. The van der Waals surface area contributed by atoms with Crippen molar-refractivity contribution >= 4 is 28.4 Å². The zero-order valence-electron chi connectivity index (χ0n) is 24.8. The molecule has 0 radical (unpaired) electrons. The Bertz CT molecular complexity index is 1770. The molecule has 5 heterocycles. The molecule has 2 N–H and O–H groups in total. The molecule has 3 aliphatic rings. The Balaban J connectivity index is 1.32. The van der Waals surface area contributed by atoms with Gasteiger partial charge in [0.2, 0.25) is 5.95 Å². The molecule has 1 fully saturated rings. The lowest BCUT2D eigenvalue weighted by atomic mass is 9.96. The van der Waals surface area contributed by atoms with Crippen molar-refractivity contribution in [2.45, 2.75) is 51.3 Å². The van der Waals surface area contributed by atoms with Crippen LogP contribution in [0.2, 0.25) is 0 Å². The summed E-state index contributed by atoms with van der Waals surface area (Å²) in [6.07, 6.45) is 6.25. The molecule has 3 aromatic heterocycles. The maximum Gasteiger partial charge on any atom is 0.278 e. The number of aromatic nitrogens is 5. The molecule has 7 rings (SSSR count). The summed E-state index contributed by atoms with van der Waals surface area (Å²) in [5.41, 5.74) is 5.78. The highest BCUT2D eigenvalue weighted by Crippen LogP contribution is 2.39. The Hall–Kier alpha value is -4.06. The van der Waals surface area contributed by atoms with E-state index in [-0.39, 0.29) is 12.1 Å². The number of anilines is 3. The number of rotatable bonds is 7. The van der Waals surface area contributed by atoms with Gasteiger partial charge in [-0.25, -0.2) is 19.3 Å². The number of ether oxygens (including phenoxy) is 1. The molecule has 0 saturated carbocycles. The molecule has 1 saturated heterocycles. The molecule has 0 amide bonds. The lowest BCUT2D eigenvalue weighted by molar-refractivity contribution is 0.0306. The molecular weight excluding hydrogens is 544 g/mol. The molecule has 0 bridgehead atoms. The van der Waals surface area contributed by atoms with Gasteiger partial charge >= 0.3 is 0 Å². The summed E-state index contributed by atoms with van der Waals surface area (Å²) in [4.78, 5) is 32.6. The third-order valence-electron chi connectivity index (χ3n) is 9.10. The maximum absolute atomic E-state index is 13.5. The molecule has 0 spiro atoms. The molecule has 1 aromatic carbocycles. The van der Waals surface area contributed by atoms with Crippen LogP contribution >= 0.6 is 0 Å². The van der Waals surface area contributed by atoms with Crippen molar-refractivity contribution in [3.63, 3.8) is 0 Å². The molecule has 1 atom stereocenters. The average Bonchev–Trinajstić information content (AvgIpc) is 3.50. The lowest BCUT2D eigenvalue weighted by Crippen LogP contribution is -2.38. The lowest BCUT2D eigenvalue weighted by Gasteiger charge is -2.35. The van der Waals surface area contributed by atoms with E-state index < -0.39 is 5.60 Å². The molecule has 43 heavy (non-hydrogen) atoms. The fourth-order valence-electron chi connectivity index (χ4n) is 6.72. The number of likely N-dealkylation sites (N-methyl/N-ethyl adjacent to an activating group) is 1. The summed E-state index contributed by atoms with van der Waals surface area (Å²) < 4.78 is 8.92. The van der Waals surface area contributed by atoms with Gasteiger partial charge in [0.05, 0.1) is 25.5 Å². The zero-order valence-corrected chi connectivity index (χ0v) is 24.8. The number of aryl methyl sites for hydroxylation is 1. The van der Waals surface area contributed by atoms with Crippen molar-refractivity contribution in [1.29, 1.82) is 0 Å². The summed E-state index contributed by atoms with van der Waals surface area (Å²) in [5, 5.41) is 15.1. The van der Waals surface area contributed by atoms with Crippen LogP contribution in [-0.2, 0) is 36.3 Å². The monoisotopic (exact) mass is 582 g/mol. The van der Waals surface area contributed by atoms with Gasteiger partial charge in [0.15, 0.2) is 11.5 Å². The SMILES string of the molecule is C=CCn1c(=O)c2cnc(Nc3cc4c(c(N5CCOCC5)c3)CCN(C)C4)nc2n1-c1ccc2c(n1)C(O)(CC)CC2. The fraction of sp³-hybridized carbons (Fsp3) is 0.438. The first-order valence-electron chi connectivity index (χ1n) is 15.1. The van der Waals surface area contributed by atoms with E-state index in [1.54, 1.807) is 21.6 Å². The Kier molecular flexibility index (Phi) is 7.03. The summed E-state index contributed by atoms with van der Waals surface area (Å²) in [6, 6.07) is 8.26. The zero-order chi connectivity index (χ0) is 29.7. The number of pyridine rings is 1. The third kappa shape index (κ3) is 4.81. The standard InChI is InChI=1S/C32H38N8O3/c1-4-11-39-30(41)25-19-33-31(36-29(25)40(39)27-7-6-21-8-10-32(42,5-2)28(21)35-27)34-23-17-22-20-37(3)12-9-24(22)26(18-23)38-13-15-43-16-14-38/h4,6-7,17-19,42H,1,5,8-16,20H2,2-3H3,(H,33,34,36). The first-order chi connectivity index (χ1) is 20.9. The van der Waals surface area contributed by atoms with Crippen LogP contribution in [0.15, 0.2) is 47.9 Å². The van der Waals surface area contributed by atoms with Gasteiger partial charge in [-0.3, -0.25) is 4.79 Å². The number of aliphatic hydroxyl groups is 1. The van der Waals surface area contributed by atoms with Crippen molar-refractivity contribution in [1.82, 2.24) is 29.2 Å². The molecule has 11 nitrogen and oxygen atoms in total. The Morgan fingerprint density at radius 1 is 1.14 bits per heavy atom. The highest BCUT2D eigenvalue weighted by atomic mass is 16.5. The van der Waals surface area contributed by atoms with E-state index >= 15 is 0 Å². The second-order valence-electron chi connectivity index (χ2n) is 11.8. The molecular formula is C32H38N8O3. The van der Waals surface area contributed by atoms with Gasteiger partial charge < -0.3 is 25.0 Å². The quantitative estimate of drug-likeness (QED) is 0.317. The predicted molar refractivity (Wildman–Crippen MR) is 166 cm³/mol. The first-order valence-corrected chi connectivity index (χ1v) is 15.1. The van der Waals surface area contributed by atoms with Crippen molar-refractivity contribution in [2.24, 2.45) is 0 Å². The number of allylic oxidation sites excluding steroid dienone is 1. The highest BCUT2D eigenvalue weighted by molar-refractivity contribution is 5.77. The normalized spacial score (nSPS) is 20.3. The molecule has 11 heteroatoms. The number of nitrogens with zero attached hydrogens (tertiary/aromatic N) is 7. The van der Waals surface area contributed by atoms with Gasteiger partial charge in [0.1, 0.15) is 11.0 Å². The summed E-state index contributed by atoms with van der Waals surface area (Å²) in [7, 11) is 2.15. The van der Waals surface area contributed by atoms with E-state index in [0.717, 1.165) is 63.5 Å². The van der Waals surface area contributed by atoms with E-state index in [1.165, 1.54) is 16.8 Å². The molecule has 1 aliphatic carbocycles. The van der Waals surface area contributed by atoms with Gasteiger partial charge in [-0.05, 0) is 67.6 Å². The Labute approximate surface area is 250 Å². The van der Waals surface area contributed by atoms with Crippen LogP contribution in [0.5, 0.6) is 0 Å². The number of fused-ring (bicyclic) bond motifs is 3. The van der Waals surface area contributed by atoms with Gasteiger partial charge in [-0.15, -0.1) is 6.58 Å². The maximum atomic E-state index is 13.5. The van der Waals surface area contributed by atoms with E-state index in [1.807, 2.05) is 19.1 Å². The van der Waals surface area contributed by atoms with Crippen LogP contribution in [0.1, 0.15) is 42.1 Å². The van der Waals surface area contributed by atoms with Crippen LogP contribution in [0.4, 0.5) is 17.3 Å². The number of hydrogen-bond acceptors (Lipinski definition) is 9. The topological polar surface area (TPSA) is 114 Å². The second-order valence-corrected chi connectivity index (χ2v) is 11.8. The van der Waals surface area contributed by atoms with Gasteiger partial charge in [0, 0.05) is 43.8 Å². The minimum absolute atomic E-state index is 0.221. The highest BCUT2D eigenvalue weighted by Gasteiger charge is 2.37. The number of hydrogen-bond donors (Lipinski definition) is 2. The van der Waals surface area contributed by atoms with E-state index in [4.69, 9.17) is 14.7 Å². The van der Waals surface area contributed by atoms with Crippen molar-refractivity contribution in [3.8, 4) is 5.82 Å². The number of morpholine rings is 1. The van der Waals surface area contributed by atoms with E-state index in [2.05, 4.69) is 45.9 Å². The van der Waals surface area contributed by atoms with Crippen LogP contribution in [0.3, 0.4) is 0 Å². The number of benzene rings is 1. The predicted octanol–water partition coefficient (Wildman–Crippen LogP) is 3.28. The van der Waals surface area contributed by atoms with Gasteiger partial charge in [-0.2, -0.15) is 4.98 Å². The fourth-order valence-corrected chi connectivity index (χ4v) is 6.72. The smallest absolute Gasteiger partial charge is 0.278 e. The first kappa shape index (κ1) is 27.8. The molecule has 4 aromatic rings. The molecule has 224 valence electrons. The van der Waals surface area contributed by atoms with Gasteiger partial charge in [0.25, 0.3) is 5.56 Å². The summed E-state index contributed by atoms with van der Waals surface area (Å²) >= 11 is 0. The average molecular weight is 583 g/mol. The molecule has 1 unspecified atom stereocenters. The Morgan fingerprint density at radius 2 is 1.98 bits per heavy atom. The largest absolute Gasteiger partial charge is 0.384 e. The van der Waals surface area contributed by atoms with Gasteiger partial charge in [-0.1, -0.05) is 19.1 Å².